The minimum atomic E-state index is 0.0632. The molecule has 2 nitrogen and oxygen atoms in total. The maximum atomic E-state index is 9.09. The maximum Gasteiger partial charge on any atom is 0.0485 e. The summed E-state index contributed by atoms with van der Waals surface area (Å²) in [4.78, 5) is 0. The van der Waals surface area contributed by atoms with Gasteiger partial charge in [0.25, 0.3) is 0 Å². The van der Waals surface area contributed by atoms with Crippen molar-refractivity contribution in [1.82, 2.24) is 0 Å². The van der Waals surface area contributed by atoms with Gasteiger partial charge < -0.3 is 9.84 Å². The molecule has 1 N–H and O–H groups in total. The van der Waals surface area contributed by atoms with Crippen LogP contribution in [-0.2, 0) is 4.74 Å². The summed E-state index contributed by atoms with van der Waals surface area (Å²) < 4.78 is 5.37. The lowest BCUT2D eigenvalue weighted by atomic mass is 9.85. The third-order valence-electron chi connectivity index (χ3n) is 2.43. The summed E-state index contributed by atoms with van der Waals surface area (Å²) in [6, 6.07) is 0. The monoisotopic (exact) mass is 174 g/mol. The van der Waals surface area contributed by atoms with Gasteiger partial charge in [-0.05, 0) is 24.7 Å². The van der Waals surface area contributed by atoms with Gasteiger partial charge in [-0.1, -0.05) is 20.8 Å². The molecule has 0 aliphatic rings. The minimum absolute atomic E-state index is 0.0632. The number of rotatable bonds is 7. The highest BCUT2D eigenvalue weighted by Gasteiger charge is 2.19. The van der Waals surface area contributed by atoms with E-state index in [0.717, 1.165) is 32.5 Å². The molecule has 0 rings (SSSR count). The molecule has 0 aromatic heterocycles. The highest BCUT2D eigenvalue weighted by Crippen LogP contribution is 2.24. The fourth-order valence-corrected chi connectivity index (χ4v) is 0.933. The van der Waals surface area contributed by atoms with Gasteiger partial charge in [-0.3, -0.25) is 0 Å². The Balaban J connectivity index is 3.45. The zero-order valence-electron chi connectivity index (χ0n) is 8.60. The number of hydrogen-bond acceptors (Lipinski definition) is 2. The lowest BCUT2D eigenvalue weighted by Crippen LogP contribution is -2.22. The Bertz CT molecular complexity index is 98.0. The van der Waals surface area contributed by atoms with E-state index >= 15 is 0 Å². The van der Waals surface area contributed by atoms with E-state index in [0.29, 0.717) is 0 Å². The molecule has 0 aromatic carbocycles. The summed E-state index contributed by atoms with van der Waals surface area (Å²) in [5.41, 5.74) is 0.0632. The molecule has 0 saturated carbocycles. The molecule has 0 fully saturated rings. The molecule has 1 unspecified atom stereocenters. The average molecular weight is 174 g/mol. The molecule has 0 aliphatic heterocycles. The number of hydrogen-bond donors (Lipinski definition) is 1. The van der Waals surface area contributed by atoms with Gasteiger partial charge in [0.15, 0.2) is 0 Å². The largest absolute Gasteiger partial charge is 0.396 e. The molecule has 0 aliphatic carbocycles. The standard InChI is InChI=1S/C10H22O2/c1-4-7-12-8-6-10(3,5-2)9-11/h11H,4-9H2,1-3H3. The van der Waals surface area contributed by atoms with Crippen molar-refractivity contribution < 1.29 is 9.84 Å². The van der Waals surface area contributed by atoms with Crippen molar-refractivity contribution in [2.75, 3.05) is 19.8 Å². The molecule has 1 atom stereocenters. The van der Waals surface area contributed by atoms with Crippen molar-refractivity contribution in [3.05, 3.63) is 0 Å². The molecule has 74 valence electrons. The number of aliphatic hydroxyl groups is 1. The molecular weight excluding hydrogens is 152 g/mol. The first-order chi connectivity index (χ1) is 5.68. The zero-order valence-corrected chi connectivity index (χ0v) is 8.60. The first kappa shape index (κ1) is 11.9. The van der Waals surface area contributed by atoms with E-state index in [1.807, 2.05) is 0 Å². The van der Waals surface area contributed by atoms with Gasteiger partial charge >= 0.3 is 0 Å². The third-order valence-corrected chi connectivity index (χ3v) is 2.43. The van der Waals surface area contributed by atoms with E-state index in [4.69, 9.17) is 9.84 Å². The minimum Gasteiger partial charge on any atom is -0.396 e. The van der Waals surface area contributed by atoms with Gasteiger partial charge in [-0.2, -0.15) is 0 Å². The van der Waals surface area contributed by atoms with Gasteiger partial charge in [-0.25, -0.2) is 0 Å². The van der Waals surface area contributed by atoms with Crippen LogP contribution in [0.2, 0.25) is 0 Å². The Morgan fingerprint density at radius 1 is 1.25 bits per heavy atom. The second-order valence-corrected chi connectivity index (χ2v) is 3.68. The maximum absolute atomic E-state index is 9.09. The fourth-order valence-electron chi connectivity index (χ4n) is 0.933. The van der Waals surface area contributed by atoms with Gasteiger partial charge in [0.1, 0.15) is 0 Å². The van der Waals surface area contributed by atoms with E-state index in [9.17, 15) is 0 Å². The van der Waals surface area contributed by atoms with Crippen molar-refractivity contribution in [3.8, 4) is 0 Å². The lowest BCUT2D eigenvalue weighted by Gasteiger charge is -2.25. The number of aliphatic hydroxyl groups excluding tert-OH is 1. The van der Waals surface area contributed by atoms with Crippen LogP contribution in [0.3, 0.4) is 0 Å². The van der Waals surface area contributed by atoms with Gasteiger partial charge in [0, 0.05) is 19.8 Å². The van der Waals surface area contributed by atoms with Crippen molar-refractivity contribution in [2.45, 2.75) is 40.0 Å². The summed E-state index contributed by atoms with van der Waals surface area (Å²) in [7, 11) is 0. The van der Waals surface area contributed by atoms with Crippen LogP contribution in [0.25, 0.3) is 0 Å². The first-order valence-corrected chi connectivity index (χ1v) is 4.87. The van der Waals surface area contributed by atoms with Gasteiger partial charge in [0.05, 0.1) is 0 Å². The van der Waals surface area contributed by atoms with Crippen molar-refractivity contribution in [2.24, 2.45) is 5.41 Å². The molecule has 2 heteroatoms. The molecular formula is C10H22O2. The zero-order chi connectivity index (χ0) is 9.45. The summed E-state index contributed by atoms with van der Waals surface area (Å²) in [6.45, 7) is 8.19. The Morgan fingerprint density at radius 2 is 1.92 bits per heavy atom. The molecule has 0 amide bonds. The molecule has 0 saturated heterocycles. The Kier molecular flexibility index (Phi) is 6.39. The fraction of sp³-hybridized carbons (Fsp3) is 1.00. The molecule has 0 bridgehead atoms. The lowest BCUT2D eigenvalue weighted by molar-refractivity contribution is 0.0647. The van der Waals surface area contributed by atoms with E-state index in [1.165, 1.54) is 0 Å². The second kappa shape index (κ2) is 6.44. The van der Waals surface area contributed by atoms with Crippen molar-refractivity contribution in [1.29, 1.82) is 0 Å². The van der Waals surface area contributed by atoms with E-state index in [-0.39, 0.29) is 12.0 Å². The van der Waals surface area contributed by atoms with E-state index < -0.39 is 0 Å². The highest BCUT2D eigenvalue weighted by molar-refractivity contribution is 4.70. The predicted molar refractivity (Wildman–Crippen MR) is 51.2 cm³/mol. The van der Waals surface area contributed by atoms with Crippen LogP contribution in [0.5, 0.6) is 0 Å². The normalized spacial score (nSPS) is 16.0. The van der Waals surface area contributed by atoms with Crippen LogP contribution in [0.4, 0.5) is 0 Å². The topological polar surface area (TPSA) is 29.5 Å². The molecule has 12 heavy (non-hydrogen) atoms. The summed E-state index contributed by atoms with van der Waals surface area (Å²) in [5, 5.41) is 9.09. The van der Waals surface area contributed by atoms with Crippen LogP contribution < -0.4 is 0 Å². The smallest absolute Gasteiger partial charge is 0.0485 e. The van der Waals surface area contributed by atoms with Crippen molar-refractivity contribution in [3.63, 3.8) is 0 Å². The molecule has 0 heterocycles. The predicted octanol–water partition coefficient (Wildman–Crippen LogP) is 2.21. The van der Waals surface area contributed by atoms with Crippen molar-refractivity contribution >= 4 is 0 Å². The Hall–Kier alpha value is -0.0800. The van der Waals surface area contributed by atoms with Gasteiger partial charge in [0.2, 0.25) is 0 Å². The second-order valence-electron chi connectivity index (χ2n) is 3.68. The molecule has 0 aromatic rings. The molecule has 0 spiro atoms. The first-order valence-electron chi connectivity index (χ1n) is 4.87. The Labute approximate surface area is 75.9 Å². The highest BCUT2D eigenvalue weighted by atomic mass is 16.5. The summed E-state index contributed by atoms with van der Waals surface area (Å²) in [6.07, 6.45) is 3.04. The van der Waals surface area contributed by atoms with Crippen LogP contribution in [0.15, 0.2) is 0 Å². The summed E-state index contributed by atoms with van der Waals surface area (Å²) >= 11 is 0. The van der Waals surface area contributed by atoms with Crippen LogP contribution in [-0.4, -0.2) is 24.9 Å². The quantitative estimate of drug-likeness (QED) is 0.600. The van der Waals surface area contributed by atoms with Crippen LogP contribution >= 0.6 is 0 Å². The average Bonchev–Trinajstić information content (AvgIpc) is 2.12. The molecule has 0 radical (unpaired) electrons. The van der Waals surface area contributed by atoms with Crippen LogP contribution in [0.1, 0.15) is 40.0 Å². The number of ether oxygens (including phenoxy) is 1. The van der Waals surface area contributed by atoms with Crippen LogP contribution in [0, 0.1) is 5.41 Å². The van der Waals surface area contributed by atoms with Gasteiger partial charge in [-0.15, -0.1) is 0 Å². The Morgan fingerprint density at radius 3 is 2.33 bits per heavy atom. The van der Waals surface area contributed by atoms with E-state index in [2.05, 4.69) is 20.8 Å². The summed E-state index contributed by atoms with van der Waals surface area (Å²) in [5.74, 6) is 0. The SMILES string of the molecule is CCCOCCC(C)(CC)CO. The van der Waals surface area contributed by atoms with E-state index in [1.54, 1.807) is 0 Å². The third kappa shape index (κ3) is 4.73.